The number of likely N-dealkylation sites (N-methyl/N-ethyl adjacent to an activating group) is 1. The largest absolute Gasteiger partial charge is 0.497 e. The van der Waals surface area contributed by atoms with Crippen molar-refractivity contribution < 1.29 is 17.9 Å². The molecule has 0 fully saturated rings. The van der Waals surface area contributed by atoms with Crippen LogP contribution >= 0.6 is 0 Å². The van der Waals surface area contributed by atoms with Crippen LogP contribution in [0.15, 0.2) is 76.4 Å². The molecule has 0 saturated heterocycles. The Balaban J connectivity index is 1.69. The minimum Gasteiger partial charge on any atom is -0.497 e. The van der Waals surface area contributed by atoms with Crippen LogP contribution in [0, 0.1) is 0 Å². The number of aliphatic imine (C=N–C) groups is 1. The molecule has 30 heavy (non-hydrogen) atoms. The van der Waals surface area contributed by atoms with E-state index in [1.54, 1.807) is 39.5 Å². The maximum absolute atomic E-state index is 13.1. The molecule has 0 aliphatic carbocycles. The fourth-order valence-corrected chi connectivity index (χ4v) is 4.75. The number of sulfonamides is 1. The molecule has 0 unspecified atom stereocenters. The van der Waals surface area contributed by atoms with E-state index in [1.165, 1.54) is 10.4 Å². The third-order valence-electron chi connectivity index (χ3n) is 5.19. The molecule has 4 rings (SSSR count). The summed E-state index contributed by atoms with van der Waals surface area (Å²) >= 11 is 0. The zero-order valence-electron chi connectivity index (χ0n) is 17.1. The van der Waals surface area contributed by atoms with Gasteiger partial charge >= 0.3 is 0 Å². The van der Waals surface area contributed by atoms with Gasteiger partial charge < -0.3 is 14.4 Å². The highest BCUT2D eigenvalue weighted by Gasteiger charge is 2.34. The maximum atomic E-state index is 13.1. The average molecular weight is 426 g/mol. The van der Waals surface area contributed by atoms with Crippen LogP contribution in [-0.2, 0) is 16.4 Å². The van der Waals surface area contributed by atoms with E-state index in [4.69, 9.17) is 14.5 Å². The van der Waals surface area contributed by atoms with E-state index in [-0.39, 0.29) is 4.90 Å². The van der Waals surface area contributed by atoms with Gasteiger partial charge in [-0.25, -0.2) is 13.4 Å². The molecule has 0 bridgehead atoms. The summed E-state index contributed by atoms with van der Waals surface area (Å²) in [5.41, 5.74) is 2.05. The average Bonchev–Trinajstić information content (AvgIpc) is 2.85. The second-order valence-electron chi connectivity index (χ2n) is 6.93. The van der Waals surface area contributed by atoms with Gasteiger partial charge in [0.25, 0.3) is 10.0 Å². The third kappa shape index (κ3) is 3.54. The zero-order valence-corrected chi connectivity index (χ0v) is 17.9. The summed E-state index contributed by atoms with van der Waals surface area (Å²) in [5, 5.41) is 0. The van der Waals surface area contributed by atoms with Gasteiger partial charge in [-0.3, -0.25) is 4.31 Å². The summed E-state index contributed by atoms with van der Waals surface area (Å²) < 4.78 is 38.1. The number of methoxy groups -OCH3 is 2. The zero-order chi connectivity index (χ0) is 21.3. The van der Waals surface area contributed by atoms with Gasteiger partial charge in [0.15, 0.2) is 5.84 Å². The monoisotopic (exact) mass is 425 g/mol. The molecule has 0 spiro atoms. The minimum atomic E-state index is -3.73. The Bertz CT molecular complexity index is 1150. The minimum absolute atomic E-state index is 0.156. The van der Waals surface area contributed by atoms with E-state index >= 15 is 0 Å². The van der Waals surface area contributed by atoms with Gasteiger partial charge in [0.1, 0.15) is 16.4 Å². The molecule has 2 aromatic carbocycles. The van der Waals surface area contributed by atoms with E-state index in [0.29, 0.717) is 29.5 Å². The van der Waals surface area contributed by atoms with Crippen LogP contribution in [0.25, 0.3) is 0 Å². The van der Waals surface area contributed by atoms with Crippen LogP contribution in [0.3, 0.4) is 0 Å². The first-order valence-electron chi connectivity index (χ1n) is 9.48. The van der Waals surface area contributed by atoms with Gasteiger partial charge in [-0.05, 0) is 48.4 Å². The maximum Gasteiger partial charge on any atom is 0.266 e. The molecule has 0 saturated carbocycles. The highest BCUT2D eigenvalue weighted by atomic mass is 32.2. The molecule has 2 aliphatic heterocycles. The van der Waals surface area contributed by atoms with Gasteiger partial charge in [0, 0.05) is 25.9 Å². The van der Waals surface area contributed by atoms with Crippen LogP contribution < -0.4 is 9.47 Å². The van der Waals surface area contributed by atoms with Crippen molar-refractivity contribution in [2.24, 2.45) is 4.99 Å². The van der Waals surface area contributed by atoms with Gasteiger partial charge in [-0.1, -0.05) is 12.1 Å². The molecule has 8 heteroatoms. The van der Waals surface area contributed by atoms with Crippen molar-refractivity contribution in [3.05, 3.63) is 72.1 Å². The summed E-state index contributed by atoms with van der Waals surface area (Å²) in [6, 6.07) is 12.7. The topological polar surface area (TPSA) is 71.4 Å². The lowest BCUT2D eigenvalue weighted by atomic mass is 10.1. The van der Waals surface area contributed by atoms with Crippen molar-refractivity contribution in [2.75, 3.05) is 27.8 Å². The Morgan fingerprint density at radius 1 is 1.00 bits per heavy atom. The molecule has 0 radical (unpaired) electrons. The van der Waals surface area contributed by atoms with Crippen molar-refractivity contribution in [1.29, 1.82) is 0 Å². The third-order valence-corrected chi connectivity index (χ3v) is 7.01. The van der Waals surface area contributed by atoms with Crippen molar-refractivity contribution in [3.63, 3.8) is 0 Å². The number of nitrogens with zero attached hydrogens (tertiary/aromatic N) is 3. The van der Waals surface area contributed by atoms with E-state index in [9.17, 15) is 8.42 Å². The molecule has 2 aromatic rings. The summed E-state index contributed by atoms with van der Waals surface area (Å²) in [7, 11) is 1.01. The number of allylic oxidation sites excluding steroid dienone is 2. The number of benzene rings is 2. The Kier molecular flexibility index (Phi) is 5.26. The second-order valence-corrected chi connectivity index (χ2v) is 8.86. The van der Waals surface area contributed by atoms with Crippen molar-refractivity contribution in [3.8, 4) is 11.5 Å². The summed E-state index contributed by atoms with van der Waals surface area (Å²) in [6.07, 6.45) is 6.29. The molecule has 2 aliphatic rings. The summed E-state index contributed by atoms with van der Waals surface area (Å²) in [6.45, 7) is 0.645. The first-order valence-corrected chi connectivity index (χ1v) is 10.9. The number of hydrogen-bond acceptors (Lipinski definition) is 6. The molecule has 0 amide bonds. The fraction of sp³-hybridized carbons (Fsp3) is 0.227. The lowest BCUT2D eigenvalue weighted by Crippen LogP contribution is -2.38. The van der Waals surface area contributed by atoms with Crippen LogP contribution in [0.1, 0.15) is 5.56 Å². The number of hydrogen-bond donors (Lipinski definition) is 0. The lowest BCUT2D eigenvalue weighted by Gasteiger charge is -2.29. The smallest absolute Gasteiger partial charge is 0.266 e. The Labute approximate surface area is 176 Å². The fourth-order valence-electron chi connectivity index (χ4n) is 3.44. The molecule has 2 heterocycles. The summed E-state index contributed by atoms with van der Waals surface area (Å²) in [5.74, 6) is 1.95. The quantitative estimate of drug-likeness (QED) is 0.735. The standard InChI is InChI=1S/C22H23N3O4S/c1-24-20-5-4-13-25(14-12-16-6-8-17(28-2)9-7-16)22(20)23-19-15-18(29-3)10-11-21(19)30(24,26)27/h4-11,13,15H,12,14H2,1-3H3. The molecule has 0 atom stereocenters. The van der Waals surface area contributed by atoms with Gasteiger partial charge in [-0.2, -0.15) is 0 Å². The predicted octanol–water partition coefficient (Wildman–Crippen LogP) is 3.32. The highest BCUT2D eigenvalue weighted by Crippen LogP contribution is 2.36. The van der Waals surface area contributed by atoms with Crippen LogP contribution in [0.5, 0.6) is 11.5 Å². The Morgan fingerprint density at radius 2 is 1.70 bits per heavy atom. The number of amidine groups is 1. The van der Waals surface area contributed by atoms with Crippen molar-refractivity contribution in [1.82, 2.24) is 9.21 Å². The van der Waals surface area contributed by atoms with E-state index < -0.39 is 10.0 Å². The normalized spacial score (nSPS) is 16.8. The number of rotatable bonds is 5. The molecular weight excluding hydrogens is 402 g/mol. The highest BCUT2D eigenvalue weighted by molar-refractivity contribution is 7.89. The number of ether oxygens (including phenoxy) is 2. The SMILES string of the molecule is COc1ccc(CCN2C=CC=C3C2=Nc2cc(OC)ccc2S(=O)(=O)N3C)cc1. The van der Waals surface area contributed by atoms with E-state index in [0.717, 1.165) is 17.7 Å². The second kappa shape index (κ2) is 7.87. The molecule has 0 aromatic heterocycles. The lowest BCUT2D eigenvalue weighted by molar-refractivity contribution is 0.414. The van der Waals surface area contributed by atoms with E-state index in [2.05, 4.69) is 0 Å². The summed E-state index contributed by atoms with van der Waals surface area (Å²) in [4.78, 5) is 6.87. The molecule has 156 valence electrons. The molecular formula is C22H23N3O4S. The molecule has 0 N–H and O–H groups in total. The van der Waals surface area contributed by atoms with Crippen LogP contribution in [-0.4, -0.2) is 51.3 Å². The first-order chi connectivity index (χ1) is 14.4. The van der Waals surface area contributed by atoms with E-state index in [1.807, 2.05) is 41.4 Å². The molecule has 7 nitrogen and oxygen atoms in total. The number of fused-ring (bicyclic) bond motifs is 2. The predicted molar refractivity (Wildman–Crippen MR) is 116 cm³/mol. The Morgan fingerprint density at radius 3 is 2.40 bits per heavy atom. The van der Waals surface area contributed by atoms with Gasteiger partial charge in [-0.15, -0.1) is 0 Å². The van der Waals surface area contributed by atoms with Crippen molar-refractivity contribution in [2.45, 2.75) is 11.3 Å². The van der Waals surface area contributed by atoms with Crippen LogP contribution in [0.4, 0.5) is 5.69 Å². The van der Waals surface area contributed by atoms with Gasteiger partial charge in [0.2, 0.25) is 0 Å². The first kappa shape index (κ1) is 20.0. The van der Waals surface area contributed by atoms with Crippen molar-refractivity contribution >= 4 is 21.5 Å². The van der Waals surface area contributed by atoms with Crippen LogP contribution in [0.2, 0.25) is 0 Å². The van der Waals surface area contributed by atoms with Gasteiger partial charge in [0.05, 0.1) is 25.6 Å². The Hall–Kier alpha value is -3.26.